The highest BCUT2D eigenvalue weighted by Gasteiger charge is 2.25. The van der Waals surface area contributed by atoms with Gasteiger partial charge in [-0.1, -0.05) is 32.6 Å². The first-order valence-electron chi connectivity index (χ1n) is 8.43. The summed E-state index contributed by atoms with van der Waals surface area (Å²) in [5, 5.41) is 18.1. The maximum absolute atomic E-state index is 10.5. The van der Waals surface area contributed by atoms with Gasteiger partial charge < -0.3 is 10.4 Å². The molecule has 0 bridgehead atoms. The Morgan fingerprint density at radius 1 is 1.33 bits per heavy atom. The van der Waals surface area contributed by atoms with Crippen LogP contribution >= 0.6 is 0 Å². The van der Waals surface area contributed by atoms with Crippen molar-refractivity contribution < 1.29 is 5.11 Å². The van der Waals surface area contributed by atoms with Crippen LogP contribution in [0.5, 0.6) is 0 Å². The molecule has 1 unspecified atom stereocenters. The number of nitrogens with one attached hydrogen (secondary N) is 1. The Balaban J connectivity index is 1.70. The van der Waals surface area contributed by atoms with E-state index in [-0.39, 0.29) is 0 Å². The highest BCUT2D eigenvalue weighted by atomic mass is 16.3. The van der Waals surface area contributed by atoms with Crippen LogP contribution in [0.25, 0.3) is 0 Å². The predicted octanol–water partition coefficient (Wildman–Crippen LogP) is 2.82. The van der Waals surface area contributed by atoms with Crippen molar-refractivity contribution in [2.75, 3.05) is 13.1 Å². The van der Waals surface area contributed by atoms with Crippen LogP contribution in [0.15, 0.2) is 12.4 Å². The van der Waals surface area contributed by atoms with E-state index >= 15 is 0 Å². The van der Waals surface area contributed by atoms with Gasteiger partial charge in [-0.05, 0) is 38.1 Å². The van der Waals surface area contributed by atoms with Crippen LogP contribution in [-0.2, 0) is 12.6 Å². The van der Waals surface area contributed by atoms with E-state index < -0.39 is 5.60 Å². The molecule has 1 saturated carbocycles. The smallest absolute Gasteiger partial charge is 0.102 e. The van der Waals surface area contributed by atoms with E-state index in [2.05, 4.69) is 17.3 Å². The molecule has 0 aliphatic heterocycles. The molecule has 1 heterocycles. The highest BCUT2D eigenvalue weighted by Crippen LogP contribution is 2.31. The lowest BCUT2D eigenvalue weighted by Crippen LogP contribution is -2.38. The van der Waals surface area contributed by atoms with Gasteiger partial charge in [0.25, 0.3) is 0 Å². The van der Waals surface area contributed by atoms with Crippen LogP contribution in [0.4, 0.5) is 0 Å². The van der Waals surface area contributed by atoms with Gasteiger partial charge in [0.15, 0.2) is 0 Å². The molecule has 4 heteroatoms. The highest BCUT2D eigenvalue weighted by molar-refractivity contribution is 5.14. The fourth-order valence-corrected chi connectivity index (χ4v) is 3.45. The largest absolute Gasteiger partial charge is 0.384 e. The van der Waals surface area contributed by atoms with Gasteiger partial charge in [-0.25, -0.2) is 0 Å². The number of rotatable bonds is 7. The molecular weight excluding hydrogens is 262 g/mol. The van der Waals surface area contributed by atoms with Crippen molar-refractivity contribution in [2.45, 2.75) is 58.0 Å². The van der Waals surface area contributed by atoms with Crippen LogP contribution in [0.1, 0.15) is 57.9 Å². The molecule has 21 heavy (non-hydrogen) atoms. The van der Waals surface area contributed by atoms with Crippen molar-refractivity contribution in [3.8, 4) is 0 Å². The zero-order chi connectivity index (χ0) is 15.3. The number of aromatic nitrogens is 2. The van der Waals surface area contributed by atoms with Crippen LogP contribution in [0.3, 0.4) is 0 Å². The summed E-state index contributed by atoms with van der Waals surface area (Å²) in [6.07, 6.45) is 11.8. The van der Waals surface area contributed by atoms with Gasteiger partial charge in [-0.3, -0.25) is 4.68 Å². The maximum Gasteiger partial charge on any atom is 0.102 e. The minimum absolute atomic E-state index is 0.591. The molecule has 2 N–H and O–H groups in total. The molecule has 0 radical (unpaired) electrons. The van der Waals surface area contributed by atoms with Gasteiger partial charge in [0, 0.05) is 25.4 Å². The minimum Gasteiger partial charge on any atom is -0.384 e. The lowest BCUT2D eigenvalue weighted by molar-refractivity contribution is 0.0551. The molecule has 0 saturated heterocycles. The second kappa shape index (κ2) is 7.41. The lowest BCUT2D eigenvalue weighted by Gasteiger charge is -2.30. The summed E-state index contributed by atoms with van der Waals surface area (Å²) in [5.74, 6) is 1.74. The third-order valence-corrected chi connectivity index (χ3v) is 4.89. The number of hydrogen-bond donors (Lipinski definition) is 2. The Hall–Kier alpha value is -0.870. The molecule has 1 aromatic heterocycles. The van der Waals surface area contributed by atoms with Gasteiger partial charge >= 0.3 is 0 Å². The third-order valence-electron chi connectivity index (χ3n) is 4.89. The Kier molecular flexibility index (Phi) is 5.82. The molecule has 4 nitrogen and oxygen atoms in total. The van der Waals surface area contributed by atoms with Gasteiger partial charge in [-0.15, -0.1) is 0 Å². The second-order valence-corrected chi connectivity index (χ2v) is 6.98. The van der Waals surface area contributed by atoms with E-state index in [1.54, 1.807) is 10.9 Å². The Labute approximate surface area is 128 Å². The van der Waals surface area contributed by atoms with Crippen molar-refractivity contribution in [3.05, 3.63) is 18.0 Å². The molecule has 2 rings (SSSR count). The van der Waals surface area contributed by atoms with Gasteiger partial charge in [0.1, 0.15) is 5.60 Å². The van der Waals surface area contributed by atoms with Crippen molar-refractivity contribution >= 4 is 0 Å². The van der Waals surface area contributed by atoms with E-state index in [4.69, 9.17) is 0 Å². The second-order valence-electron chi connectivity index (χ2n) is 6.98. The first-order chi connectivity index (χ1) is 10.0. The van der Waals surface area contributed by atoms with Crippen molar-refractivity contribution in [1.29, 1.82) is 0 Å². The quantitative estimate of drug-likeness (QED) is 0.813. The van der Waals surface area contributed by atoms with Crippen LogP contribution in [0.2, 0.25) is 0 Å². The maximum atomic E-state index is 10.5. The summed E-state index contributed by atoms with van der Waals surface area (Å²) >= 11 is 0. The molecule has 1 atom stereocenters. The minimum atomic E-state index is -0.840. The van der Waals surface area contributed by atoms with Crippen LogP contribution in [0, 0.1) is 11.8 Å². The summed E-state index contributed by atoms with van der Waals surface area (Å²) in [4.78, 5) is 0. The summed E-state index contributed by atoms with van der Waals surface area (Å²) in [6, 6.07) is 0. The standard InChI is InChI=1S/C17H31N3O/c1-4-5-14-6-8-15(9-7-14)10-18-13-17(2,21)16-11-19-20(3)12-16/h11-12,14-15,18,21H,4-10,13H2,1-3H3. The average Bonchev–Trinajstić information content (AvgIpc) is 2.88. The predicted molar refractivity (Wildman–Crippen MR) is 86.0 cm³/mol. The van der Waals surface area contributed by atoms with Crippen molar-refractivity contribution in [2.24, 2.45) is 18.9 Å². The van der Waals surface area contributed by atoms with Gasteiger partial charge in [0.05, 0.1) is 6.20 Å². The lowest BCUT2D eigenvalue weighted by atomic mass is 9.80. The molecule has 0 amide bonds. The summed E-state index contributed by atoms with van der Waals surface area (Å²) in [7, 11) is 1.88. The van der Waals surface area contributed by atoms with Gasteiger partial charge in [0.2, 0.25) is 0 Å². The Morgan fingerprint density at radius 3 is 2.57 bits per heavy atom. The summed E-state index contributed by atoms with van der Waals surface area (Å²) < 4.78 is 1.73. The zero-order valence-corrected chi connectivity index (χ0v) is 13.8. The summed E-state index contributed by atoms with van der Waals surface area (Å²) in [6.45, 7) is 5.76. The Morgan fingerprint density at radius 2 is 2.00 bits per heavy atom. The van der Waals surface area contributed by atoms with E-state index in [0.717, 1.165) is 23.9 Å². The molecule has 0 spiro atoms. The molecule has 1 aromatic rings. The molecule has 0 aromatic carbocycles. The zero-order valence-electron chi connectivity index (χ0n) is 13.8. The molecule has 1 fully saturated rings. The van der Waals surface area contributed by atoms with Gasteiger partial charge in [-0.2, -0.15) is 5.10 Å². The topological polar surface area (TPSA) is 50.1 Å². The average molecular weight is 293 g/mol. The Bertz CT molecular complexity index is 419. The van der Waals surface area contributed by atoms with Crippen molar-refractivity contribution in [3.63, 3.8) is 0 Å². The molecule has 120 valence electrons. The number of aryl methyl sites for hydroxylation is 1. The fraction of sp³-hybridized carbons (Fsp3) is 0.824. The first kappa shape index (κ1) is 16.5. The normalized spacial score (nSPS) is 25.7. The first-order valence-corrected chi connectivity index (χ1v) is 8.43. The molecule has 1 aliphatic carbocycles. The monoisotopic (exact) mass is 293 g/mol. The van der Waals surface area contributed by atoms with E-state index in [1.807, 2.05) is 20.2 Å². The SMILES string of the molecule is CCCC1CCC(CNCC(C)(O)c2cnn(C)c2)CC1. The number of aliphatic hydroxyl groups is 1. The van der Waals surface area contributed by atoms with E-state index in [1.165, 1.54) is 38.5 Å². The molecular formula is C17H31N3O. The third kappa shape index (κ3) is 4.82. The van der Waals surface area contributed by atoms with Crippen LogP contribution in [-0.4, -0.2) is 28.0 Å². The van der Waals surface area contributed by atoms with E-state index in [9.17, 15) is 5.11 Å². The summed E-state index contributed by atoms with van der Waals surface area (Å²) in [5.41, 5.74) is 0.0392. The fourth-order valence-electron chi connectivity index (χ4n) is 3.45. The van der Waals surface area contributed by atoms with E-state index in [0.29, 0.717) is 6.54 Å². The number of hydrogen-bond acceptors (Lipinski definition) is 3. The van der Waals surface area contributed by atoms with Crippen LogP contribution < -0.4 is 5.32 Å². The molecule has 1 aliphatic rings. The number of nitrogens with zero attached hydrogens (tertiary/aromatic N) is 2. The van der Waals surface area contributed by atoms with Crippen molar-refractivity contribution in [1.82, 2.24) is 15.1 Å².